The van der Waals surface area contributed by atoms with E-state index in [1.54, 1.807) is 17.0 Å². The van der Waals surface area contributed by atoms with Gasteiger partial charge in [0.15, 0.2) is 0 Å². The van der Waals surface area contributed by atoms with Gasteiger partial charge in [-0.15, -0.1) is 0 Å². The third kappa shape index (κ3) is 8.62. The molecule has 9 nitrogen and oxygen atoms in total. The summed E-state index contributed by atoms with van der Waals surface area (Å²) in [5.74, 6) is -1.24. The van der Waals surface area contributed by atoms with Crippen LogP contribution in [0.25, 0.3) is 0 Å². The highest BCUT2D eigenvalue weighted by Crippen LogP contribution is 2.24. The molecule has 4 amide bonds. The summed E-state index contributed by atoms with van der Waals surface area (Å²) in [6, 6.07) is 6.64. The fourth-order valence-corrected chi connectivity index (χ4v) is 4.33. The van der Waals surface area contributed by atoms with Crippen molar-refractivity contribution in [3.05, 3.63) is 35.4 Å². The molecular weight excluding hydrogens is 460 g/mol. The van der Waals surface area contributed by atoms with Crippen molar-refractivity contribution in [2.24, 2.45) is 11.3 Å². The zero-order valence-electron chi connectivity index (χ0n) is 22.3. The number of piperidine rings is 1. The first-order valence-electron chi connectivity index (χ1n) is 12.8. The van der Waals surface area contributed by atoms with E-state index in [9.17, 15) is 24.4 Å². The molecule has 1 fully saturated rings. The Morgan fingerprint density at radius 2 is 1.78 bits per heavy atom. The Bertz CT molecular complexity index is 888. The van der Waals surface area contributed by atoms with Crippen LogP contribution in [-0.2, 0) is 14.4 Å². The molecule has 1 aliphatic rings. The minimum absolute atomic E-state index is 0.0252. The lowest BCUT2D eigenvalue weighted by Gasteiger charge is -2.39. The summed E-state index contributed by atoms with van der Waals surface area (Å²) < 4.78 is 0. The van der Waals surface area contributed by atoms with Crippen molar-refractivity contribution >= 4 is 24.1 Å². The highest BCUT2D eigenvalue weighted by atomic mass is 16.5. The van der Waals surface area contributed by atoms with Crippen LogP contribution in [0.3, 0.4) is 0 Å². The number of carbonyl (C=O) groups is 4. The maximum atomic E-state index is 13.5. The van der Waals surface area contributed by atoms with E-state index >= 15 is 0 Å². The van der Waals surface area contributed by atoms with Crippen LogP contribution in [0.1, 0.15) is 75.7 Å². The van der Waals surface area contributed by atoms with Gasteiger partial charge in [-0.25, -0.2) is 5.06 Å². The number of unbranched alkanes of at least 4 members (excludes halogenated alkanes) is 1. The van der Waals surface area contributed by atoms with Crippen molar-refractivity contribution in [1.29, 1.82) is 0 Å². The molecule has 200 valence electrons. The second kappa shape index (κ2) is 13.4. The van der Waals surface area contributed by atoms with Gasteiger partial charge in [-0.1, -0.05) is 58.2 Å². The van der Waals surface area contributed by atoms with Gasteiger partial charge >= 0.3 is 0 Å². The lowest BCUT2D eigenvalue weighted by Crippen LogP contribution is -2.58. The topological polar surface area (TPSA) is 119 Å². The number of carbonyl (C=O) groups excluding carboxylic acids is 4. The smallest absolute Gasteiger partial charge is 0.251 e. The molecular formula is C27H42N4O5. The summed E-state index contributed by atoms with van der Waals surface area (Å²) >= 11 is 0. The lowest BCUT2D eigenvalue weighted by atomic mass is 9.84. The molecule has 0 spiro atoms. The first-order chi connectivity index (χ1) is 17.0. The maximum absolute atomic E-state index is 13.5. The van der Waals surface area contributed by atoms with Gasteiger partial charge in [0.05, 0.1) is 12.5 Å². The van der Waals surface area contributed by atoms with Gasteiger partial charge in [0, 0.05) is 24.7 Å². The fraction of sp³-hybridized carbons (Fsp3) is 0.630. The molecule has 36 heavy (non-hydrogen) atoms. The van der Waals surface area contributed by atoms with E-state index in [4.69, 9.17) is 0 Å². The molecule has 1 heterocycles. The van der Waals surface area contributed by atoms with Gasteiger partial charge in [-0.3, -0.25) is 24.4 Å². The summed E-state index contributed by atoms with van der Waals surface area (Å²) in [6.45, 7) is 10.5. The Morgan fingerprint density at radius 3 is 2.31 bits per heavy atom. The molecule has 2 rings (SSSR count). The number of hydrogen-bond donors (Lipinski definition) is 3. The highest BCUT2D eigenvalue weighted by Gasteiger charge is 2.38. The van der Waals surface area contributed by atoms with Crippen molar-refractivity contribution in [2.45, 2.75) is 78.8 Å². The molecule has 0 bridgehead atoms. The summed E-state index contributed by atoms with van der Waals surface area (Å²) in [7, 11) is 0. The number of hydroxylamine groups is 2. The average Bonchev–Trinajstić information content (AvgIpc) is 2.84. The third-order valence-corrected chi connectivity index (χ3v) is 6.66. The Kier molecular flexibility index (Phi) is 10.9. The van der Waals surface area contributed by atoms with E-state index in [-0.39, 0.29) is 36.7 Å². The normalized spacial score (nSPS) is 16.1. The molecule has 0 aliphatic carbocycles. The molecule has 1 aliphatic heterocycles. The van der Waals surface area contributed by atoms with Crippen molar-refractivity contribution in [1.82, 2.24) is 20.6 Å². The van der Waals surface area contributed by atoms with Crippen LogP contribution in [-0.4, -0.2) is 71.0 Å². The molecule has 9 heteroatoms. The Balaban J connectivity index is 2.00. The van der Waals surface area contributed by atoms with Crippen LogP contribution in [0.2, 0.25) is 0 Å². The van der Waals surface area contributed by atoms with Crippen LogP contribution in [0.15, 0.2) is 24.3 Å². The summed E-state index contributed by atoms with van der Waals surface area (Å²) in [4.78, 5) is 51.8. The van der Waals surface area contributed by atoms with Crippen molar-refractivity contribution in [3.63, 3.8) is 0 Å². The van der Waals surface area contributed by atoms with Crippen LogP contribution in [0.4, 0.5) is 0 Å². The highest BCUT2D eigenvalue weighted by molar-refractivity contribution is 5.94. The largest absolute Gasteiger partial charge is 0.349 e. The van der Waals surface area contributed by atoms with Crippen molar-refractivity contribution in [3.8, 4) is 0 Å². The molecule has 1 saturated heterocycles. The van der Waals surface area contributed by atoms with E-state index in [0.717, 1.165) is 18.4 Å². The number of nitrogens with one attached hydrogen (secondary N) is 2. The van der Waals surface area contributed by atoms with Crippen LogP contribution >= 0.6 is 0 Å². The number of amides is 4. The van der Waals surface area contributed by atoms with Gasteiger partial charge in [-0.2, -0.15) is 0 Å². The summed E-state index contributed by atoms with van der Waals surface area (Å²) in [5, 5.41) is 16.1. The number of benzene rings is 1. The second-order valence-corrected chi connectivity index (χ2v) is 10.8. The lowest BCUT2D eigenvalue weighted by molar-refractivity contribution is -0.155. The third-order valence-electron chi connectivity index (χ3n) is 6.66. The van der Waals surface area contributed by atoms with Gasteiger partial charge in [0.25, 0.3) is 5.91 Å². The Labute approximate surface area is 214 Å². The van der Waals surface area contributed by atoms with E-state index < -0.39 is 17.4 Å². The summed E-state index contributed by atoms with van der Waals surface area (Å²) in [6.07, 6.45) is 3.68. The Morgan fingerprint density at radius 1 is 1.17 bits per heavy atom. The second-order valence-electron chi connectivity index (χ2n) is 10.8. The Hall–Kier alpha value is -2.94. The number of likely N-dealkylation sites (tertiary alicyclic amines) is 1. The molecule has 0 radical (unpaired) electrons. The molecule has 0 aromatic heterocycles. The SMILES string of the molecule is CCCCC(CN(O)C=O)C(=O)NC(C(=O)N1CCC(NC(=O)c2ccc(C)cc2)CC1)C(C)(C)C. The van der Waals surface area contributed by atoms with Crippen LogP contribution in [0.5, 0.6) is 0 Å². The molecule has 2 unspecified atom stereocenters. The predicted octanol–water partition coefficient (Wildman–Crippen LogP) is 2.90. The molecule has 3 N–H and O–H groups in total. The van der Waals surface area contributed by atoms with Crippen molar-refractivity contribution in [2.75, 3.05) is 19.6 Å². The number of nitrogens with zero attached hydrogens (tertiary/aromatic N) is 2. The molecule has 1 aromatic carbocycles. The van der Waals surface area contributed by atoms with E-state index in [1.165, 1.54) is 0 Å². The van der Waals surface area contributed by atoms with E-state index in [0.29, 0.717) is 43.0 Å². The quantitative estimate of drug-likeness (QED) is 0.244. The van der Waals surface area contributed by atoms with Gasteiger partial charge in [0.2, 0.25) is 18.2 Å². The van der Waals surface area contributed by atoms with Crippen LogP contribution < -0.4 is 10.6 Å². The zero-order valence-corrected chi connectivity index (χ0v) is 22.3. The van der Waals surface area contributed by atoms with Crippen molar-refractivity contribution < 1.29 is 24.4 Å². The monoisotopic (exact) mass is 502 g/mol. The number of aryl methyl sites for hydroxylation is 1. The molecule has 1 aromatic rings. The van der Waals surface area contributed by atoms with Gasteiger partial charge in [0.1, 0.15) is 6.04 Å². The maximum Gasteiger partial charge on any atom is 0.251 e. The minimum Gasteiger partial charge on any atom is -0.349 e. The first kappa shape index (κ1) is 29.3. The van der Waals surface area contributed by atoms with E-state index in [1.807, 2.05) is 46.8 Å². The minimum atomic E-state index is -0.754. The average molecular weight is 503 g/mol. The number of rotatable bonds is 11. The van der Waals surface area contributed by atoms with E-state index in [2.05, 4.69) is 10.6 Å². The number of hydrogen-bond acceptors (Lipinski definition) is 5. The molecule has 0 saturated carbocycles. The first-order valence-corrected chi connectivity index (χ1v) is 12.8. The van der Waals surface area contributed by atoms with Gasteiger partial charge < -0.3 is 15.5 Å². The standard InChI is InChI=1S/C27H42N4O5/c1-6-7-8-21(17-31(36)18-32)25(34)29-23(27(3,4)5)26(35)30-15-13-22(14-16-30)28-24(33)20-11-9-19(2)10-12-20/h9-12,18,21-23,36H,6-8,13-17H2,1-5H3,(H,28,33)(H,29,34). The fourth-order valence-electron chi connectivity index (χ4n) is 4.33. The van der Waals surface area contributed by atoms with Gasteiger partial charge in [-0.05, 0) is 43.7 Å². The molecule has 2 atom stereocenters. The zero-order chi connectivity index (χ0) is 26.9. The van der Waals surface area contributed by atoms with Crippen LogP contribution in [0, 0.1) is 18.3 Å². The predicted molar refractivity (Wildman–Crippen MR) is 137 cm³/mol. The summed E-state index contributed by atoms with van der Waals surface area (Å²) in [5.41, 5.74) is 1.17.